The summed E-state index contributed by atoms with van der Waals surface area (Å²) in [6, 6.07) is 15.7. The molecule has 0 saturated carbocycles. The Hall–Kier alpha value is -1.63. The van der Waals surface area contributed by atoms with Crippen LogP contribution in [-0.4, -0.2) is 0 Å². The first-order valence-corrected chi connectivity index (χ1v) is 9.31. The highest BCUT2D eigenvalue weighted by Gasteiger charge is 2.05. The Kier molecular flexibility index (Phi) is 7.86. The number of unbranched alkanes of at least 4 members (excludes halogenated alkanes) is 5. The van der Waals surface area contributed by atoms with Crippen LogP contribution in [0.1, 0.15) is 62.3 Å². The Morgan fingerprint density at radius 2 is 1.35 bits per heavy atom. The second-order valence-electron chi connectivity index (χ2n) is 6.64. The van der Waals surface area contributed by atoms with Gasteiger partial charge in [-0.2, -0.15) is 0 Å². The van der Waals surface area contributed by atoms with E-state index in [-0.39, 0.29) is 0 Å². The van der Waals surface area contributed by atoms with E-state index >= 15 is 0 Å². The maximum atomic E-state index is 2.33. The first-order valence-electron chi connectivity index (χ1n) is 9.31. The van der Waals surface area contributed by atoms with Gasteiger partial charge in [-0.25, -0.2) is 4.57 Å². The van der Waals surface area contributed by atoms with Gasteiger partial charge in [0.2, 0.25) is 0 Å². The Balaban J connectivity index is 1.71. The van der Waals surface area contributed by atoms with E-state index in [0.29, 0.717) is 0 Å². The minimum absolute atomic E-state index is 1.11. The van der Waals surface area contributed by atoms with Crippen molar-refractivity contribution in [2.24, 2.45) is 7.05 Å². The standard InChI is InChI=1S/C22H32N/c1-3-4-5-6-7-8-11-20-13-15-21(16-14-20)17-18-22-12-9-10-19-23(22)2/h9-10,12-16,19H,3-8,11,17-18H2,1-2H3/q+1. The molecule has 0 spiro atoms. The first kappa shape index (κ1) is 17.7. The molecule has 1 nitrogen and oxygen atoms in total. The normalized spacial score (nSPS) is 10.9. The summed E-state index contributed by atoms with van der Waals surface area (Å²) in [5.41, 5.74) is 4.33. The predicted molar refractivity (Wildman–Crippen MR) is 98.5 cm³/mol. The Morgan fingerprint density at radius 3 is 2.04 bits per heavy atom. The van der Waals surface area contributed by atoms with Gasteiger partial charge in [0.25, 0.3) is 0 Å². The summed E-state index contributed by atoms with van der Waals surface area (Å²) >= 11 is 0. The molecule has 1 aromatic heterocycles. The lowest BCUT2D eigenvalue weighted by molar-refractivity contribution is -0.679. The molecule has 1 aromatic carbocycles. The number of nitrogens with zero attached hydrogens (tertiary/aromatic N) is 1. The molecule has 2 rings (SSSR count). The van der Waals surface area contributed by atoms with Gasteiger partial charge in [-0.15, -0.1) is 0 Å². The number of benzene rings is 1. The smallest absolute Gasteiger partial charge is 0.181 e. The third kappa shape index (κ3) is 6.56. The van der Waals surface area contributed by atoms with E-state index in [0.717, 1.165) is 12.8 Å². The fourth-order valence-electron chi connectivity index (χ4n) is 3.07. The van der Waals surface area contributed by atoms with Crippen molar-refractivity contribution in [3.05, 3.63) is 65.5 Å². The average molecular weight is 311 g/mol. The van der Waals surface area contributed by atoms with Crippen LogP contribution >= 0.6 is 0 Å². The van der Waals surface area contributed by atoms with Crippen LogP contribution in [0.15, 0.2) is 48.7 Å². The van der Waals surface area contributed by atoms with Gasteiger partial charge in [-0.05, 0) is 30.4 Å². The van der Waals surface area contributed by atoms with E-state index in [1.165, 1.54) is 61.8 Å². The van der Waals surface area contributed by atoms with Gasteiger partial charge in [0.1, 0.15) is 7.05 Å². The van der Waals surface area contributed by atoms with Crippen LogP contribution in [0.25, 0.3) is 0 Å². The molecular formula is C22H32N+. The van der Waals surface area contributed by atoms with Crippen LogP contribution in [0.4, 0.5) is 0 Å². The van der Waals surface area contributed by atoms with Crippen molar-refractivity contribution in [1.82, 2.24) is 0 Å². The van der Waals surface area contributed by atoms with Gasteiger partial charge in [0.15, 0.2) is 11.9 Å². The highest BCUT2D eigenvalue weighted by atomic mass is 14.9. The van der Waals surface area contributed by atoms with Crippen molar-refractivity contribution in [3.63, 3.8) is 0 Å². The van der Waals surface area contributed by atoms with Gasteiger partial charge in [0, 0.05) is 18.6 Å². The molecule has 124 valence electrons. The quantitative estimate of drug-likeness (QED) is 0.419. The topological polar surface area (TPSA) is 3.88 Å². The number of pyridine rings is 1. The van der Waals surface area contributed by atoms with Crippen molar-refractivity contribution in [2.45, 2.75) is 64.7 Å². The zero-order valence-corrected chi connectivity index (χ0v) is 14.9. The van der Waals surface area contributed by atoms with Crippen LogP contribution in [0, 0.1) is 0 Å². The van der Waals surface area contributed by atoms with Gasteiger partial charge >= 0.3 is 0 Å². The maximum absolute atomic E-state index is 2.33. The molecule has 0 unspecified atom stereocenters. The fourth-order valence-corrected chi connectivity index (χ4v) is 3.07. The van der Waals surface area contributed by atoms with Gasteiger partial charge in [-0.1, -0.05) is 69.4 Å². The third-order valence-corrected chi connectivity index (χ3v) is 4.67. The number of hydrogen-bond acceptors (Lipinski definition) is 0. The fraction of sp³-hybridized carbons (Fsp3) is 0.500. The molecule has 0 radical (unpaired) electrons. The van der Waals surface area contributed by atoms with Crippen molar-refractivity contribution < 1.29 is 4.57 Å². The van der Waals surface area contributed by atoms with Crippen molar-refractivity contribution in [1.29, 1.82) is 0 Å². The Morgan fingerprint density at radius 1 is 0.696 bits per heavy atom. The SMILES string of the molecule is CCCCCCCCc1ccc(CCc2cccc[n+]2C)cc1. The molecule has 1 heterocycles. The van der Waals surface area contributed by atoms with Crippen molar-refractivity contribution in [2.75, 3.05) is 0 Å². The number of aryl methyl sites for hydroxylation is 4. The number of rotatable bonds is 10. The summed E-state index contributed by atoms with van der Waals surface area (Å²) in [5, 5.41) is 0. The van der Waals surface area contributed by atoms with Crippen LogP contribution in [0.2, 0.25) is 0 Å². The Bertz CT molecular complexity index is 556. The van der Waals surface area contributed by atoms with E-state index in [1.54, 1.807) is 0 Å². The van der Waals surface area contributed by atoms with E-state index in [2.05, 4.69) is 67.2 Å². The summed E-state index contributed by atoms with van der Waals surface area (Å²) in [5.74, 6) is 0. The molecular weight excluding hydrogens is 278 g/mol. The van der Waals surface area contributed by atoms with E-state index in [4.69, 9.17) is 0 Å². The highest BCUT2D eigenvalue weighted by molar-refractivity contribution is 5.23. The molecule has 0 aliphatic heterocycles. The Labute approximate surface area is 142 Å². The second kappa shape index (κ2) is 10.2. The zero-order chi connectivity index (χ0) is 16.3. The summed E-state index contributed by atoms with van der Waals surface area (Å²) in [6.45, 7) is 2.28. The molecule has 0 fully saturated rings. The highest BCUT2D eigenvalue weighted by Crippen LogP contribution is 2.12. The molecule has 0 bridgehead atoms. The minimum atomic E-state index is 1.11. The third-order valence-electron chi connectivity index (χ3n) is 4.67. The van der Waals surface area contributed by atoms with Crippen LogP contribution in [0.5, 0.6) is 0 Å². The van der Waals surface area contributed by atoms with Gasteiger partial charge < -0.3 is 0 Å². The van der Waals surface area contributed by atoms with E-state index < -0.39 is 0 Å². The monoisotopic (exact) mass is 310 g/mol. The van der Waals surface area contributed by atoms with Crippen molar-refractivity contribution in [3.8, 4) is 0 Å². The summed E-state index contributed by atoms with van der Waals surface area (Å²) < 4.78 is 2.22. The zero-order valence-electron chi connectivity index (χ0n) is 14.9. The number of aromatic nitrogens is 1. The molecule has 0 N–H and O–H groups in total. The van der Waals surface area contributed by atoms with Crippen LogP contribution in [-0.2, 0) is 26.3 Å². The van der Waals surface area contributed by atoms with Crippen LogP contribution < -0.4 is 4.57 Å². The van der Waals surface area contributed by atoms with E-state index in [1.807, 2.05) is 0 Å². The first-order chi connectivity index (χ1) is 11.3. The van der Waals surface area contributed by atoms with E-state index in [9.17, 15) is 0 Å². The molecule has 0 aliphatic carbocycles. The lowest BCUT2D eigenvalue weighted by atomic mass is 10.0. The summed E-state index contributed by atoms with van der Waals surface area (Å²) in [7, 11) is 2.12. The van der Waals surface area contributed by atoms with Gasteiger partial charge in [-0.3, -0.25) is 0 Å². The predicted octanol–water partition coefficient (Wildman–Crippen LogP) is 5.20. The van der Waals surface area contributed by atoms with Crippen LogP contribution in [0.3, 0.4) is 0 Å². The molecule has 23 heavy (non-hydrogen) atoms. The lowest BCUT2D eigenvalue weighted by Gasteiger charge is -2.05. The minimum Gasteiger partial charge on any atom is -0.205 e. The number of hydrogen-bond donors (Lipinski definition) is 0. The van der Waals surface area contributed by atoms with Gasteiger partial charge in [0.05, 0.1) is 0 Å². The second-order valence-corrected chi connectivity index (χ2v) is 6.64. The average Bonchev–Trinajstić information content (AvgIpc) is 2.58. The molecule has 0 amide bonds. The molecule has 0 aliphatic rings. The molecule has 0 atom stereocenters. The summed E-state index contributed by atoms with van der Waals surface area (Å²) in [4.78, 5) is 0. The molecule has 2 aromatic rings. The largest absolute Gasteiger partial charge is 0.205 e. The molecule has 0 saturated heterocycles. The lowest BCUT2D eigenvalue weighted by Crippen LogP contribution is -2.32. The van der Waals surface area contributed by atoms with Crippen molar-refractivity contribution >= 4 is 0 Å². The summed E-state index contributed by atoms with van der Waals surface area (Å²) in [6.07, 6.45) is 13.8. The maximum Gasteiger partial charge on any atom is 0.181 e. The molecule has 1 heteroatoms.